The summed E-state index contributed by atoms with van der Waals surface area (Å²) in [7, 11) is 0. The highest BCUT2D eigenvalue weighted by Crippen LogP contribution is 2.35. The van der Waals surface area contributed by atoms with Crippen LogP contribution in [0.25, 0.3) is 22.3 Å². The number of nitrogens with two attached hydrogens (primary N) is 1. The van der Waals surface area contributed by atoms with Gasteiger partial charge in [0.25, 0.3) is 0 Å². The molecule has 1 aliphatic rings. The SMILES string of the molecule is Nc1ncnc2c1c(-c1ccncc1)nn2[C@@H]1O[C@H](CO)[C@@H](O)[C@H]1O. The highest BCUT2D eigenvalue weighted by atomic mass is 16.6. The Labute approximate surface area is 141 Å². The predicted molar refractivity (Wildman–Crippen MR) is 86.0 cm³/mol. The van der Waals surface area contributed by atoms with E-state index in [1.54, 1.807) is 24.5 Å². The Bertz CT molecular complexity index is 902. The van der Waals surface area contributed by atoms with Crippen LogP contribution < -0.4 is 5.73 Å². The van der Waals surface area contributed by atoms with Crippen molar-refractivity contribution in [1.82, 2.24) is 24.7 Å². The molecule has 10 heteroatoms. The number of aliphatic hydroxyl groups is 3. The van der Waals surface area contributed by atoms with Crippen molar-refractivity contribution in [1.29, 1.82) is 0 Å². The summed E-state index contributed by atoms with van der Waals surface area (Å²) in [6.07, 6.45) is 0.0779. The molecule has 0 radical (unpaired) electrons. The lowest BCUT2D eigenvalue weighted by Gasteiger charge is -2.15. The number of anilines is 1. The number of hydrogen-bond donors (Lipinski definition) is 4. The Hall–Kier alpha value is -2.66. The normalized spacial score (nSPS) is 26.4. The molecule has 3 aromatic rings. The molecule has 0 unspecified atom stereocenters. The second kappa shape index (κ2) is 6.01. The molecule has 0 aliphatic carbocycles. The molecule has 1 aliphatic heterocycles. The van der Waals surface area contributed by atoms with Gasteiger partial charge in [-0.2, -0.15) is 5.10 Å². The lowest BCUT2D eigenvalue weighted by molar-refractivity contribution is -0.0565. The fourth-order valence-electron chi connectivity index (χ4n) is 2.97. The monoisotopic (exact) mass is 344 g/mol. The van der Waals surface area contributed by atoms with E-state index in [0.717, 1.165) is 5.56 Å². The lowest BCUT2D eigenvalue weighted by atomic mass is 10.1. The molecule has 0 amide bonds. The van der Waals surface area contributed by atoms with Crippen molar-refractivity contribution in [2.24, 2.45) is 0 Å². The molecule has 0 bridgehead atoms. The van der Waals surface area contributed by atoms with Crippen molar-refractivity contribution < 1.29 is 20.1 Å². The summed E-state index contributed by atoms with van der Waals surface area (Å²) in [6.45, 7) is -0.428. The third kappa shape index (κ3) is 2.43. The molecule has 1 saturated heterocycles. The number of pyridine rings is 1. The summed E-state index contributed by atoms with van der Waals surface area (Å²) >= 11 is 0. The Morgan fingerprint density at radius 3 is 2.60 bits per heavy atom. The van der Waals surface area contributed by atoms with E-state index in [1.165, 1.54) is 11.0 Å². The van der Waals surface area contributed by atoms with Crippen molar-refractivity contribution in [3.8, 4) is 11.3 Å². The molecular weight excluding hydrogens is 328 g/mol. The van der Waals surface area contributed by atoms with E-state index >= 15 is 0 Å². The quantitative estimate of drug-likeness (QED) is 0.472. The Morgan fingerprint density at radius 1 is 1.16 bits per heavy atom. The molecule has 4 atom stereocenters. The van der Waals surface area contributed by atoms with Crippen LogP contribution >= 0.6 is 0 Å². The first-order chi connectivity index (χ1) is 12.1. The molecule has 1 fully saturated rings. The average Bonchev–Trinajstić information content (AvgIpc) is 3.15. The zero-order chi connectivity index (χ0) is 17.6. The van der Waals surface area contributed by atoms with Gasteiger partial charge in [-0.05, 0) is 12.1 Å². The number of aliphatic hydroxyl groups excluding tert-OH is 3. The molecular formula is C15H16N6O4. The molecule has 25 heavy (non-hydrogen) atoms. The van der Waals surface area contributed by atoms with Crippen LogP contribution in [0.4, 0.5) is 5.82 Å². The molecule has 3 aromatic heterocycles. The lowest BCUT2D eigenvalue weighted by Crippen LogP contribution is -2.33. The van der Waals surface area contributed by atoms with Crippen LogP contribution in [0.15, 0.2) is 30.9 Å². The Kier molecular flexibility index (Phi) is 3.81. The standard InChI is InChI=1S/C15H16N6O4/c16-13-9-10(7-1-3-17-4-2-7)20-21(14(9)19-6-18-13)15-12(24)11(23)8(5-22)25-15/h1-4,6,8,11-12,15,22-24H,5H2,(H2,16,18,19)/t8-,11-,12-,15-/m1/s1. The Morgan fingerprint density at radius 2 is 1.92 bits per heavy atom. The van der Waals surface area contributed by atoms with Gasteiger partial charge < -0.3 is 25.8 Å². The maximum atomic E-state index is 10.3. The smallest absolute Gasteiger partial charge is 0.181 e. The van der Waals surface area contributed by atoms with Crippen LogP contribution in [-0.2, 0) is 4.74 Å². The fraction of sp³-hybridized carbons (Fsp3) is 0.333. The maximum absolute atomic E-state index is 10.3. The van der Waals surface area contributed by atoms with Gasteiger partial charge in [0.1, 0.15) is 36.2 Å². The van der Waals surface area contributed by atoms with Gasteiger partial charge in [0.2, 0.25) is 0 Å². The number of ether oxygens (including phenoxy) is 1. The first-order valence-electron chi connectivity index (χ1n) is 7.63. The van der Waals surface area contributed by atoms with Crippen LogP contribution in [0, 0.1) is 0 Å². The van der Waals surface area contributed by atoms with Gasteiger partial charge in [-0.25, -0.2) is 14.6 Å². The summed E-state index contributed by atoms with van der Waals surface area (Å²) in [5.74, 6) is 0.231. The molecule has 0 spiro atoms. The highest BCUT2D eigenvalue weighted by molar-refractivity contribution is 5.98. The number of fused-ring (bicyclic) bond motifs is 1. The van der Waals surface area contributed by atoms with E-state index in [2.05, 4.69) is 20.1 Å². The van der Waals surface area contributed by atoms with Crippen molar-refractivity contribution >= 4 is 16.9 Å². The van der Waals surface area contributed by atoms with Crippen LogP contribution in [0.1, 0.15) is 6.23 Å². The van der Waals surface area contributed by atoms with Crippen LogP contribution in [0.2, 0.25) is 0 Å². The third-order valence-electron chi connectivity index (χ3n) is 4.23. The summed E-state index contributed by atoms with van der Waals surface area (Å²) in [4.78, 5) is 12.2. The topological polar surface area (TPSA) is 152 Å². The number of nitrogen functional groups attached to an aromatic ring is 1. The van der Waals surface area contributed by atoms with Gasteiger partial charge in [0.05, 0.1) is 12.0 Å². The average molecular weight is 344 g/mol. The predicted octanol–water partition coefficient (Wildman–Crippen LogP) is -0.918. The van der Waals surface area contributed by atoms with E-state index in [4.69, 9.17) is 10.5 Å². The molecule has 4 heterocycles. The first kappa shape index (κ1) is 15.8. The van der Waals surface area contributed by atoms with E-state index < -0.39 is 31.1 Å². The summed E-state index contributed by atoms with van der Waals surface area (Å²) in [6, 6.07) is 3.52. The number of aromatic nitrogens is 5. The van der Waals surface area contributed by atoms with Gasteiger partial charge in [-0.3, -0.25) is 4.98 Å². The van der Waals surface area contributed by atoms with Crippen LogP contribution in [0.3, 0.4) is 0 Å². The maximum Gasteiger partial charge on any atom is 0.181 e. The van der Waals surface area contributed by atoms with Crippen molar-refractivity contribution in [2.45, 2.75) is 24.5 Å². The third-order valence-corrected chi connectivity index (χ3v) is 4.23. The highest BCUT2D eigenvalue weighted by Gasteiger charge is 2.44. The largest absolute Gasteiger partial charge is 0.394 e. The summed E-state index contributed by atoms with van der Waals surface area (Å²) < 4.78 is 6.91. The fourth-order valence-corrected chi connectivity index (χ4v) is 2.97. The molecule has 130 valence electrons. The van der Waals surface area contributed by atoms with Crippen molar-refractivity contribution in [3.05, 3.63) is 30.9 Å². The minimum atomic E-state index is -1.28. The van der Waals surface area contributed by atoms with E-state index in [9.17, 15) is 15.3 Å². The molecule has 0 saturated carbocycles. The van der Waals surface area contributed by atoms with E-state index in [0.29, 0.717) is 16.7 Å². The molecule has 0 aromatic carbocycles. The van der Waals surface area contributed by atoms with E-state index in [-0.39, 0.29) is 5.82 Å². The van der Waals surface area contributed by atoms with Gasteiger partial charge in [0, 0.05) is 18.0 Å². The second-order valence-corrected chi connectivity index (χ2v) is 5.72. The molecule has 4 rings (SSSR count). The number of nitrogens with zero attached hydrogens (tertiary/aromatic N) is 5. The van der Waals surface area contributed by atoms with E-state index in [1.807, 2.05) is 0 Å². The van der Waals surface area contributed by atoms with Gasteiger partial charge >= 0.3 is 0 Å². The molecule has 10 nitrogen and oxygen atoms in total. The van der Waals surface area contributed by atoms with Crippen molar-refractivity contribution in [2.75, 3.05) is 12.3 Å². The van der Waals surface area contributed by atoms with Gasteiger partial charge in [0.15, 0.2) is 11.9 Å². The number of hydrogen-bond acceptors (Lipinski definition) is 9. The zero-order valence-corrected chi connectivity index (χ0v) is 13.0. The Balaban J connectivity index is 1.90. The first-order valence-corrected chi connectivity index (χ1v) is 7.63. The van der Waals surface area contributed by atoms with Crippen LogP contribution in [0.5, 0.6) is 0 Å². The molecule has 5 N–H and O–H groups in total. The summed E-state index contributed by atoms with van der Waals surface area (Å²) in [5, 5.41) is 34.6. The minimum absolute atomic E-state index is 0.231. The second-order valence-electron chi connectivity index (χ2n) is 5.72. The van der Waals surface area contributed by atoms with Gasteiger partial charge in [-0.1, -0.05) is 0 Å². The minimum Gasteiger partial charge on any atom is -0.394 e. The van der Waals surface area contributed by atoms with Gasteiger partial charge in [-0.15, -0.1) is 0 Å². The van der Waals surface area contributed by atoms with Crippen LogP contribution in [-0.4, -0.2) is 65.0 Å². The van der Waals surface area contributed by atoms with Crippen molar-refractivity contribution in [3.63, 3.8) is 0 Å². The number of rotatable bonds is 3. The zero-order valence-electron chi connectivity index (χ0n) is 13.0. The summed E-state index contributed by atoms with van der Waals surface area (Å²) in [5.41, 5.74) is 7.61.